The molecule has 1 atom stereocenters. The van der Waals surface area contributed by atoms with Crippen molar-refractivity contribution in [1.29, 1.82) is 0 Å². The monoisotopic (exact) mass is 431 g/mol. The van der Waals surface area contributed by atoms with Gasteiger partial charge in [0, 0.05) is 13.1 Å². The van der Waals surface area contributed by atoms with E-state index in [1.807, 2.05) is 0 Å². The van der Waals surface area contributed by atoms with Crippen molar-refractivity contribution in [2.45, 2.75) is 50.3 Å². The maximum Gasteiger partial charge on any atom is 0.416 e. The summed E-state index contributed by atoms with van der Waals surface area (Å²) in [7, 11) is -3.96. The largest absolute Gasteiger partial charge is 0.416 e. The molecule has 0 bridgehead atoms. The second-order valence-corrected chi connectivity index (χ2v) is 8.67. The van der Waals surface area contributed by atoms with Crippen LogP contribution < -0.4 is 5.32 Å². The van der Waals surface area contributed by atoms with Gasteiger partial charge in [0.25, 0.3) is 0 Å². The molecule has 1 aliphatic rings. The summed E-state index contributed by atoms with van der Waals surface area (Å²) in [5.74, 6) is -0.351. The number of halogens is 3. The highest BCUT2D eigenvalue weighted by atomic mass is 32.2. The summed E-state index contributed by atoms with van der Waals surface area (Å²) in [5, 5.41) is 6.27. The number of hydrogen-bond donors (Lipinski definition) is 1. The van der Waals surface area contributed by atoms with Crippen molar-refractivity contribution in [3.63, 3.8) is 0 Å². The molecule has 2 aromatic rings. The molecule has 158 valence electrons. The minimum Gasteiger partial charge on any atom is -0.360 e. The standard InChI is InChI=1S/C18H20F3N3O4S/c1-11-16(12(2)28-23-11)29(26,27)24-9-3-4-15(24)17(25)22-10-13-5-7-14(8-6-13)18(19,20)21/h5-8,15H,3-4,9-10H2,1-2H3,(H,22,25)/t15-/m1/s1. The van der Waals surface area contributed by atoms with E-state index in [2.05, 4.69) is 10.5 Å². The third kappa shape index (κ3) is 4.30. The number of nitrogens with zero attached hydrogens (tertiary/aromatic N) is 2. The van der Waals surface area contributed by atoms with Crippen molar-refractivity contribution in [3.05, 3.63) is 46.8 Å². The van der Waals surface area contributed by atoms with Crippen LogP contribution in [0.25, 0.3) is 0 Å². The number of rotatable bonds is 5. The third-order valence-corrected chi connectivity index (χ3v) is 6.94. The van der Waals surface area contributed by atoms with Gasteiger partial charge in [0.2, 0.25) is 15.9 Å². The van der Waals surface area contributed by atoms with Crippen LogP contribution in [0.5, 0.6) is 0 Å². The lowest BCUT2D eigenvalue weighted by molar-refractivity contribution is -0.137. The summed E-state index contributed by atoms with van der Waals surface area (Å²) in [6, 6.07) is 3.52. The molecule has 0 radical (unpaired) electrons. The zero-order chi connectivity index (χ0) is 21.4. The highest BCUT2D eigenvalue weighted by Crippen LogP contribution is 2.30. The fraction of sp³-hybridized carbons (Fsp3) is 0.444. The first-order valence-corrected chi connectivity index (χ1v) is 10.3. The van der Waals surface area contributed by atoms with E-state index in [0.717, 1.165) is 16.4 Å². The van der Waals surface area contributed by atoms with E-state index >= 15 is 0 Å². The summed E-state index contributed by atoms with van der Waals surface area (Å²) in [4.78, 5) is 12.6. The summed E-state index contributed by atoms with van der Waals surface area (Å²) >= 11 is 0. The van der Waals surface area contributed by atoms with Crippen LogP contribution in [-0.2, 0) is 27.5 Å². The maximum atomic E-state index is 13.0. The number of alkyl halides is 3. The van der Waals surface area contributed by atoms with Crippen LogP contribution in [0.1, 0.15) is 35.4 Å². The molecule has 2 heterocycles. The van der Waals surface area contributed by atoms with Gasteiger partial charge in [-0.25, -0.2) is 8.42 Å². The van der Waals surface area contributed by atoms with Gasteiger partial charge in [-0.05, 0) is 44.4 Å². The van der Waals surface area contributed by atoms with E-state index in [1.165, 1.54) is 26.0 Å². The van der Waals surface area contributed by atoms with Gasteiger partial charge >= 0.3 is 6.18 Å². The predicted octanol–water partition coefficient (Wildman–Crippen LogP) is 2.78. The Balaban J connectivity index is 1.71. The molecule has 0 saturated carbocycles. The third-order valence-electron chi connectivity index (χ3n) is 4.79. The van der Waals surface area contributed by atoms with Crippen LogP contribution in [0.4, 0.5) is 13.2 Å². The van der Waals surface area contributed by atoms with Gasteiger partial charge in [-0.1, -0.05) is 17.3 Å². The van der Waals surface area contributed by atoms with Gasteiger partial charge in [-0.2, -0.15) is 17.5 Å². The molecule has 3 rings (SSSR count). The Morgan fingerprint density at radius 3 is 2.48 bits per heavy atom. The summed E-state index contributed by atoms with van der Waals surface area (Å²) in [6.07, 6.45) is -3.57. The molecule has 1 aliphatic heterocycles. The van der Waals surface area contributed by atoms with Crippen LogP contribution in [-0.4, -0.2) is 36.4 Å². The van der Waals surface area contributed by atoms with Gasteiger partial charge in [-0.15, -0.1) is 0 Å². The van der Waals surface area contributed by atoms with Gasteiger partial charge in [0.15, 0.2) is 5.76 Å². The normalized spacial score (nSPS) is 18.2. The van der Waals surface area contributed by atoms with Crippen LogP contribution in [0, 0.1) is 13.8 Å². The molecule has 0 aliphatic carbocycles. The smallest absolute Gasteiger partial charge is 0.360 e. The first kappa shape index (κ1) is 21.3. The maximum absolute atomic E-state index is 13.0. The second kappa shape index (κ2) is 7.79. The lowest BCUT2D eigenvalue weighted by Crippen LogP contribution is -2.45. The van der Waals surface area contributed by atoms with E-state index in [1.54, 1.807) is 0 Å². The van der Waals surface area contributed by atoms with Crippen LogP contribution in [0.2, 0.25) is 0 Å². The Bertz CT molecular complexity index is 981. The molecule has 0 spiro atoms. The average Bonchev–Trinajstić information content (AvgIpc) is 3.27. The minimum absolute atomic E-state index is 0.00726. The highest BCUT2D eigenvalue weighted by Gasteiger charge is 2.41. The van der Waals surface area contributed by atoms with E-state index in [-0.39, 0.29) is 29.4 Å². The summed E-state index contributed by atoms with van der Waals surface area (Å²) < 4.78 is 69.9. The van der Waals surface area contributed by atoms with Crippen molar-refractivity contribution in [3.8, 4) is 0 Å². The lowest BCUT2D eigenvalue weighted by Gasteiger charge is -2.23. The highest BCUT2D eigenvalue weighted by molar-refractivity contribution is 7.89. The number of aryl methyl sites for hydroxylation is 2. The zero-order valence-electron chi connectivity index (χ0n) is 15.8. The van der Waals surface area contributed by atoms with Gasteiger partial charge in [-0.3, -0.25) is 4.79 Å². The Labute approximate surface area is 165 Å². The van der Waals surface area contributed by atoms with Crippen molar-refractivity contribution >= 4 is 15.9 Å². The zero-order valence-corrected chi connectivity index (χ0v) is 16.6. The molecule has 1 amide bonds. The van der Waals surface area contributed by atoms with Crippen LogP contribution in [0.15, 0.2) is 33.7 Å². The number of benzene rings is 1. The van der Waals surface area contributed by atoms with Crippen molar-refractivity contribution in [1.82, 2.24) is 14.8 Å². The van der Waals surface area contributed by atoms with E-state index in [4.69, 9.17) is 4.52 Å². The molecule has 7 nitrogen and oxygen atoms in total. The number of nitrogens with one attached hydrogen (secondary N) is 1. The Morgan fingerprint density at radius 2 is 1.93 bits per heavy atom. The second-order valence-electron chi connectivity index (χ2n) is 6.84. The van der Waals surface area contributed by atoms with Crippen LogP contribution >= 0.6 is 0 Å². The van der Waals surface area contributed by atoms with E-state index in [0.29, 0.717) is 18.4 Å². The molecule has 1 aromatic heterocycles. The molecule has 11 heteroatoms. The number of aromatic nitrogens is 1. The number of carbonyl (C=O) groups excluding carboxylic acids is 1. The fourth-order valence-electron chi connectivity index (χ4n) is 3.37. The molecule has 29 heavy (non-hydrogen) atoms. The Kier molecular flexibility index (Phi) is 5.72. The number of sulfonamides is 1. The molecular formula is C18H20F3N3O4S. The van der Waals surface area contributed by atoms with E-state index < -0.39 is 33.7 Å². The van der Waals surface area contributed by atoms with Crippen molar-refractivity contribution in [2.24, 2.45) is 0 Å². The number of amides is 1. The summed E-state index contributed by atoms with van der Waals surface area (Å²) in [6.45, 7) is 3.18. The first-order valence-electron chi connectivity index (χ1n) is 8.90. The van der Waals surface area contributed by atoms with Crippen LogP contribution in [0.3, 0.4) is 0 Å². The molecule has 1 N–H and O–H groups in total. The lowest BCUT2D eigenvalue weighted by atomic mass is 10.1. The quantitative estimate of drug-likeness (QED) is 0.786. The summed E-state index contributed by atoms with van der Waals surface area (Å²) in [5.41, 5.74) is -0.0807. The van der Waals surface area contributed by atoms with Crippen molar-refractivity contribution < 1.29 is 30.9 Å². The first-order chi connectivity index (χ1) is 13.5. The van der Waals surface area contributed by atoms with E-state index in [9.17, 15) is 26.4 Å². The molecule has 1 aromatic carbocycles. The number of carbonyl (C=O) groups is 1. The number of hydrogen-bond acceptors (Lipinski definition) is 5. The average molecular weight is 431 g/mol. The van der Waals surface area contributed by atoms with Gasteiger partial charge < -0.3 is 9.84 Å². The SMILES string of the molecule is Cc1noc(C)c1S(=O)(=O)N1CCC[C@@H]1C(=O)NCc1ccc(C(F)(F)F)cc1. The molecule has 0 unspecified atom stereocenters. The minimum atomic E-state index is -4.43. The van der Waals surface area contributed by atoms with Gasteiger partial charge in [0.1, 0.15) is 16.6 Å². The fourth-order valence-corrected chi connectivity index (χ4v) is 5.32. The Morgan fingerprint density at radius 1 is 1.28 bits per heavy atom. The van der Waals surface area contributed by atoms with Crippen molar-refractivity contribution in [2.75, 3.05) is 6.54 Å². The predicted molar refractivity (Wildman–Crippen MR) is 96.2 cm³/mol. The topological polar surface area (TPSA) is 92.5 Å². The molecule has 1 fully saturated rings. The molecular weight excluding hydrogens is 411 g/mol. The Hall–Kier alpha value is -2.40. The molecule has 1 saturated heterocycles. The van der Waals surface area contributed by atoms with Gasteiger partial charge in [0.05, 0.1) is 5.56 Å².